The molecule has 162 valence electrons. The average molecular weight is 428 g/mol. The lowest BCUT2D eigenvalue weighted by atomic mass is 10.1. The molecule has 0 fully saturated rings. The molecule has 2 N–H and O–H groups in total. The number of benzene rings is 2. The summed E-state index contributed by atoms with van der Waals surface area (Å²) in [6, 6.07) is 22.0. The number of hydrogen-bond acceptors (Lipinski definition) is 5. The fourth-order valence-electron chi connectivity index (χ4n) is 3.41. The third-order valence-electron chi connectivity index (χ3n) is 4.91. The van der Waals surface area contributed by atoms with Gasteiger partial charge in [0.2, 0.25) is 0 Å². The number of amides is 1. The molecule has 0 spiro atoms. The molecule has 0 aliphatic rings. The summed E-state index contributed by atoms with van der Waals surface area (Å²) in [5, 5.41) is 14.9. The first-order valence-corrected chi connectivity index (χ1v) is 10.3. The van der Waals surface area contributed by atoms with Gasteiger partial charge in [0.25, 0.3) is 11.5 Å². The Hall–Kier alpha value is -4.20. The fourth-order valence-corrected chi connectivity index (χ4v) is 3.41. The Morgan fingerprint density at radius 2 is 1.69 bits per heavy atom. The van der Waals surface area contributed by atoms with E-state index < -0.39 is 0 Å². The lowest BCUT2D eigenvalue weighted by Crippen LogP contribution is -2.32. The highest BCUT2D eigenvalue weighted by Gasteiger charge is 2.12. The number of aryl methyl sites for hydroxylation is 2. The highest BCUT2D eigenvalue weighted by molar-refractivity contribution is 6.00. The van der Waals surface area contributed by atoms with Crippen molar-refractivity contribution in [3.8, 4) is 5.82 Å². The molecule has 2 aromatic carbocycles. The summed E-state index contributed by atoms with van der Waals surface area (Å²) in [4.78, 5) is 25.0. The summed E-state index contributed by atoms with van der Waals surface area (Å²) in [5.74, 6) is 0.325. The lowest BCUT2D eigenvalue weighted by molar-refractivity contribution is 0.0952. The maximum Gasteiger partial charge on any atom is 0.266 e. The molecule has 2 heterocycles. The Morgan fingerprint density at radius 3 is 2.44 bits per heavy atom. The van der Waals surface area contributed by atoms with E-state index in [1.54, 1.807) is 16.8 Å². The van der Waals surface area contributed by atoms with Crippen LogP contribution in [0.25, 0.3) is 5.82 Å². The zero-order chi connectivity index (χ0) is 22.5. The molecule has 0 radical (unpaired) electrons. The Kier molecular flexibility index (Phi) is 6.12. The molecule has 4 aromatic rings. The second kappa shape index (κ2) is 9.30. The van der Waals surface area contributed by atoms with E-state index in [0.717, 1.165) is 17.1 Å². The molecule has 0 unspecified atom stereocenters. The van der Waals surface area contributed by atoms with Crippen molar-refractivity contribution >= 4 is 17.3 Å². The average Bonchev–Trinajstić information content (AvgIpc) is 3.14. The first-order valence-electron chi connectivity index (χ1n) is 10.3. The number of para-hydroxylation sites is 2. The highest BCUT2D eigenvalue weighted by atomic mass is 16.2. The van der Waals surface area contributed by atoms with Crippen molar-refractivity contribution in [1.82, 2.24) is 24.9 Å². The van der Waals surface area contributed by atoms with Crippen LogP contribution in [-0.2, 0) is 6.54 Å². The summed E-state index contributed by atoms with van der Waals surface area (Å²) in [6.45, 7) is 4.33. The molecule has 0 aliphatic carbocycles. The highest BCUT2D eigenvalue weighted by Crippen LogP contribution is 2.20. The van der Waals surface area contributed by atoms with Crippen LogP contribution < -0.4 is 16.2 Å². The quantitative estimate of drug-likeness (QED) is 0.471. The molecule has 4 rings (SSSR count). The summed E-state index contributed by atoms with van der Waals surface area (Å²) in [6.07, 6.45) is 0. The number of nitrogens with zero attached hydrogens (tertiary/aromatic N) is 4. The predicted octanol–water partition coefficient (Wildman–Crippen LogP) is 3.22. The van der Waals surface area contributed by atoms with Gasteiger partial charge in [-0.25, -0.2) is 9.36 Å². The second-order valence-electron chi connectivity index (χ2n) is 7.38. The molecule has 0 aliphatic heterocycles. The molecule has 1 amide bonds. The summed E-state index contributed by atoms with van der Waals surface area (Å²) < 4.78 is 3.02. The molecule has 8 heteroatoms. The van der Waals surface area contributed by atoms with Crippen LogP contribution in [-0.4, -0.2) is 32.0 Å². The van der Waals surface area contributed by atoms with Gasteiger partial charge in [-0.1, -0.05) is 30.3 Å². The van der Waals surface area contributed by atoms with Gasteiger partial charge in [-0.15, -0.1) is 5.10 Å². The van der Waals surface area contributed by atoms with Crippen molar-refractivity contribution in [3.63, 3.8) is 0 Å². The Morgan fingerprint density at radius 1 is 0.938 bits per heavy atom. The number of aromatic nitrogens is 4. The molecular formula is C24H24N6O2. The van der Waals surface area contributed by atoms with Crippen LogP contribution in [0.5, 0.6) is 0 Å². The summed E-state index contributed by atoms with van der Waals surface area (Å²) in [5.41, 5.74) is 3.68. The molecule has 32 heavy (non-hydrogen) atoms. The molecule has 2 aromatic heterocycles. The normalized spacial score (nSPS) is 10.7. The lowest BCUT2D eigenvalue weighted by Gasteiger charge is -2.13. The molecule has 0 bridgehead atoms. The van der Waals surface area contributed by atoms with Gasteiger partial charge in [0, 0.05) is 24.0 Å². The molecular weight excluding hydrogens is 404 g/mol. The van der Waals surface area contributed by atoms with Gasteiger partial charge in [0.15, 0.2) is 5.82 Å². The minimum Gasteiger partial charge on any atom is -0.355 e. The predicted molar refractivity (Wildman–Crippen MR) is 124 cm³/mol. The first-order chi connectivity index (χ1) is 15.5. The van der Waals surface area contributed by atoms with Gasteiger partial charge >= 0.3 is 0 Å². The first kappa shape index (κ1) is 21.0. The Balaban J connectivity index is 1.44. The van der Waals surface area contributed by atoms with Crippen molar-refractivity contribution < 1.29 is 4.79 Å². The number of carbonyl (C=O) groups is 1. The third kappa shape index (κ3) is 4.75. The Bertz CT molecular complexity index is 1290. The smallest absolute Gasteiger partial charge is 0.266 e. The van der Waals surface area contributed by atoms with E-state index in [1.165, 1.54) is 10.7 Å². The number of nitrogens with one attached hydrogen (secondary N) is 2. The molecule has 0 saturated carbocycles. The second-order valence-corrected chi connectivity index (χ2v) is 7.38. The number of hydrogen-bond donors (Lipinski definition) is 2. The third-order valence-corrected chi connectivity index (χ3v) is 4.91. The topological polar surface area (TPSA) is 93.8 Å². The molecule has 0 atom stereocenters. The molecule has 8 nitrogen and oxygen atoms in total. The van der Waals surface area contributed by atoms with Crippen LogP contribution in [0, 0.1) is 13.8 Å². The summed E-state index contributed by atoms with van der Waals surface area (Å²) >= 11 is 0. The van der Waals surface area contributed by atoms with E-state index in [9.17, 15) is 9.59 Å². The van der Waals surface area contributed by atoms with Gasteiger partial charge in [0.1, 0.15) is 0 Å². The van der Waals surface area contributed by atoms with Crippen molar-refractivity contribution in [2.75, 3.05) is 11.9 Å². The monoisotopic (exact) mass is 428 g/mol. The Labute approximate surface area is 185 Å². The SMILES string of the molecule is Cc1cc(C)n(-c2ccc(=O)n(CCNC(=O)c3ccccc3Nc3ccccc3)n2)n1. The van der Waals surface area contributed by atoms with E-state index in [2.05, 4.69) is 20.8 Å². The van der Waals surface area contributed by atoms with Gasteiger partial charge in [-0.2, -0.15) is 5.10 Å². The zero-order valence-electron chi connectivity index (χ0n) is 17.9. The van der Waals surface area contributed by atoms with Crippen molar-refractivity contribution in [2.45, 2.75) is 20.4 Å². The van der Waals surface area contributed by atoms with Crippen molar-refractivity contribution in [3.05, 3.63) is 100 Å². The van der Waals surface area contributed by atoms with E-state index in [1.807, 2.05) is 68.4 Å². The number of rotatable bonds is 7. The van der Waals surface area contributed by atoms with Gasteiger partial charge in [-0.3, -0.25) is 9.59 Å². The maximum atomic E-state index is 12.8. The van der Waals surface area contributed by atoms with E-state index >= 15 is 0 Å². The van der Waals surface area contributed by atoms with E-state index in [-0.39, 0.29) is 24.6 Å². The van der Waals surface area contributed by atoms with Crippen LogP contribution in [0.3, 0.4) is 0 Å². The fraction of sp³-hybridized carbons (Fsp3) is 0.167. The number of anilines is 2. The minimum atomic E-state index is -0.240. The largest absolute Gasteiger partial charge is 0.355 e. The zero-order valence-corrected chi connectivity index (χ0v) is 17.9. The van der Waals surface area contributed by atoms with Crippen LogP contribution in [0.2, 0.25) is 0 Å². The number of carbonyl (C=O) groups excluding carboxylic acids is 1. The van der Waals surface area contributed by atoms with Gasteiger partial charge < -0.3 is 10.6 Å². The van der Waals surface area contributed by atoms with Crippen LogP contribution in [0.1, 0.15) is 21.7 Å². The van der Waals surface area contributed by atoms with Crippen LogP contribution >= 0.6 is 0 Å². The summed E-state index contributed by atoms with van der Waals surface area (Å²) in [7, 11) is 0. The van der Waals surface area contributed by atoms with Crippen LogP contribution in [0.15, 0.2) is 77.6 Å². The maximum absolute atomic E-state index is 12.8. The van der Waals surface area contributed by atoms with Crippen molar-refractivity contribution in [1.29, 1.82) is 0 Å². The van der Waals surface area contributed by atoms with Gasteiger partial charge in [-0.05, 0) is 50.2 Å². The van der Waals surface area contributed by atoms with E-state index in [0.29, 0.717) is 17.1 Å². The van der Waals surface area contributed by atoms with Crippen molar-refractivity contribution in [2.24, 2.45) is 0 Å². The molecule has 0 saturated heterocycles. The van der Waals surface area contributed by atoms with Gasteiger partial charge in [0.05, 0.1) is 23.5 Å². The van der Waals surface area contributed by atoms with E-state index in [4.69, 9.17) is 0 Å². The minimum absolute atomic E-state index is 0.230. The standard InChI is InChI=1S/C24H24N6O2/c1-17-16-18(2)30(27-17)22-12-13-23(31)29(28-22)15-14-25-24(32)20-10-6-7-11-21(20)26-19-8-4-3-5-9-19/h3-13,16,26H,14-15H2,1-2H3,(H,25,32). The van der Waals surface area contributed by atoms with Crippen LogP contribution in [0.4, 0.5) is 11.4 Å².